The molecular weight excluding hydrogens is 260 g/mol. The standard InChI is InChI=1S/C9H18N4O2S2/c1-5-12(6(10)16)13(7(11)17)8(14)15-9(2,3)4/h5H2,1-4H3,(H2,10,16)(H2,11,17). The van der Waals surface area contributed by atoms with Crippen LogP contribution in [0.1, 0.15) is 27.7 Å². The minimum Gasteiger partial charge on any atom is -0.442 e. The monoisotopic (exact) mass is 278 g/mol. The lowest BCUT2D eigenvalue weighted by Crippen LogP contribution is -2.57. The van der Waals surface area contributed by atoms with Crippen molar-refractivity contribution in [2.24, 2.45) is 11.5 Å². The number of ether oxygens (including phenoxy) is 1. The Morgan fingerprint density at radius 3 is 1.94 bits per heavy atom. The second-order valence-corrected chi connectivity index (χ2v) is 5.02. The van der Waals surface area contributed by atoms with Crippen LogP contribution in [0, 0.1) is 0 Å². The van der Waals surface area contributed by atoms with Gasteiger partial charge in [0, 0.05) is 6.54 Å². The van der Waals surface area contributed by atoms with Gasteiger partial charge in [0.15, 0.2) is 10.2 Å². The largest absolute Gasteiger partial charge is 0.442 e. The number of nitrogens with zero attached hydrogens (tertiary/aromatic N) is 2. The van der Waals surface area contributed by atoms with Crippen molar-refractivity contribution in [2.45, 2.75) is 33.3 Å². The zero-order valence-corrected chi connectivity index (χ0v) is 12.0. The van der Waals surface area contributed by atoms with Gasteiger partial charge in [-0.15, -0.1) is 0 Å². The Balaban J connectivity index is 5.04. The third-order valence-electron chi connectivity index (χ3n) is 1.57. The van der Waals surface area contributed by atoms with Gasteiger partial charge in [0.25, 0.3) is 0 Å². The highest BCUT2D eigenvalue weighted by Crippen LogP contribution is 2.11. The minimum absolute atomic E-state index is 0.00819. The van der Waals surface area contributed by atoms with Crippen LogP contribution < -0.4 is 11.5 Å². The van der Waals surface area contributed by atoms with E-state index in [1.165, 1.54) is 5.01 Å². The zero-order chi connectivity index (χ0) is 13.8. The summed E-state index contributed by atoms with van der Waals surface area (Å²) < 4.78 is 5.16. The molecular formula is C9H18N4O2S2. The first kappa shape index (κ1) is 15.9. The van der Waals surface area contributed by atoms with Gasteiger partial charge < -0.3 is 16.2 Å². The number of rotatable bonds is 1. The summed E-state index contributed by atoms with van der Waals surface area (Å²) in [4.78, 5) is 11.9. The number of amides is 1. The van der Waals surface area contributed by atoms with E-state index in [0.29, 0.717) is 6.54 Å². The minimum atomic E-state index is -0.709. The van der Waals surface area contributed by atoms with Crippen molar-refractivity contribution in [3.05, 3.63) is 0 Å². The fourth-order valence-corrected chi connectivity index (χ4v) is 1.39. The first-order valence-electron chi connectivity index (χ1n) is 4.99. The molecule has 0 unspecified atom stereocenters. The number of hydrogen-bond acceptors (Lipinski definition) is 4. The summed E-state index contributed by atoms with van der Waals surface area (Å²) in [6, 6.07) is 0. The molecule has 1 amide bonds. The second kappa shape index (κ2) is 5.97. The molecule has 6 nitrogen and oxygen atoms in total. The maximum atomic E-state index is 11.9. The molecule has 0 saturated carbocycles. The van der Waals surface area contributed by atoms with Crippen molar-refractivity contribution in [3.8, 4) is 0 Å². The zero-order valence-electron chi connectivity index (χ0n) is 10.4. The maximum absolute atomic E-state index is 11.9. The molecule has 0 saturated heterocycles. The van der Waals surface area contributed by atoms with E-state index in [1.807, 2.05) is 0 Å². The normalized spacial score (nSPS) is 10.6. The molecule has 0 aromatic rings. The Hall–Kier alpha value is -1.15. The predicted molar refractivity (Wildman–Crippen MR) is 74.0 cm³/mol. The lowest BCUT2D eigenvalue weighted by Gasteiger charge is -2.34. The van der Waals surface area contributed by atoms with E-state index in [0.717, 1.165) is 5.01 Å². The smallest absolute Gasteiger partial charge is 0.436 e. The molecule has 0 heterocycles. The molecule has 17 heavy (non-hydrogen) atoms. The molecule has 0 aromatic carbocycles. The first-order valence-corrected chi connectivity index (χ1v) is 5.81. The fourth-order valence-electron chi connectivity index (χ4n) is 1.01. The first-order chi connectivity index (χ1) is 7.60. The van der Waals surface area contributed by atoms with Gasteiger partial charge in [-0.05, 0) is 52.1 Å². The molecule has 0 rings (SSSR count). The number of hydrogen-bond donors (Lipinski definition) is 2. The summed E-state index contributed by atoms with van der Waals surface area (Å²) in [6.07, 6.45) is -0.709. The molecule has 0 bridgehead atoms. The van der Waals surface area contributed by atoms with Crippen LogP contribution in [0.5, 0.6) is 0 Å². The molecule has 0 spiro atoms. The molecule has 0 fully saturated rings. The number of carbonyl (C=O) groups is 1. The molecule has 0 aliphatic heterocycles. The number of hydrazine groups is 1. The van der Waals surface area contributed by atoms with Gasteiger partial charge >= 0.3 is 6.09 Å². The van der Waals surface area contributed by atoms with Gasteiger partial charge in [0.2, 0.25) is 0 Å². The van der Waals surface area contributed by atoms with Gasteiger partial charge in [0.05, 0.1) is 0 Å². The van der Waals surface area contributed by atoms with E-state index in [-0.39, 0.29) is 10.2 Å². The molecule has 0 aliphatic carbocycles. The van der Waals surface area contributed by atoms with Crippen molar-refractivity contribution in [1.82, 2.24) is 10.0 Å². The van der Waals surface area contributed by atoms with Crippen molar-refractivity contribution in [2.75, 3.05) is 6.54 Å². The molecule has 0 atom stereocenters. The Kier molecular flexibility index (Phi) is 5.56. The predicted octanol–water partition coefficient (Wildman–Crippen LogP) is 0.948. The average Bonchev–Trinajstić information content (AvgIpc) is 2.08. The van der Waals surface area contributed by atoms with Crippen LogP contribution in [0.3, 0.4) is 0 Å². The highest BCUT2D eigenvalue weighted by molar-refractivity contribution is 7.80. The highest BCUT2D eigenvalue weighted by atomic mass is 32.1. The van der Waals surface area contributed by atoms with Crippen LogP contribution in [-0.4, -0.2) is 38.5 Å². The quantitative estimate of drug-likeness (QED) is 0.545. The van der Waals surface area contributed by atoms with Gasteiger partial charge in [-0.25, -0.2) is 9.80 Å². The number of thiocarbonyl (C=S) groups is 2. The Bertz CT molecular complexity index is 327. The maximum Gasteiger partial charge on any atom is 0.436 e. The fraction of sp³-hybridized carbons (Fsp3) is 0.667. The molecule has 98 valence electrons. The van der Waals surface area contributed by atoms with Crippen molar-refractivity contribution < 1.29 is 9.53 Å². The second-order valence-electron chi connectivity index (χ2n) is 4.18. The summed E-state index contributed by atoms with van der Waals surface area (Å²) in [6.45, 7) is 7.32. The topological polar surface area (TPSA) is 84.8 Å². The van der Waals surface area contributed by atoms with Crippen LogP contribution >= 0.6 is 24.4 Å². The summed E-state index contributed by atoms with van der Waals surface area (Å²) in [5.41, 5.74) is 10.3. The molecule has 8 heteroatoms. The van der Waals surface area contributed by atoms with E-state index in [1.54, 1.807) is 27.7 Å². The van der Waals surface area contributed by atoms with Crippen LogP contribution in [0.4, 0.5) is 4.79 Å². The Morgan fingerprint density at radius 1 is 1.24 bits per heavy atom. The molecule has 0 aliphatic rings. The SMILES string of the molecule is CCN(C(N)=S)N(C(=O)OC(C)(C)C)C(N)=S. The van der Waals surface area contributed by atoms with Crippen LogP contribution in [0.2, 0.25) is 0 Å². The van der Waals surface area contributed by atoms with Gasteiger partial charge in [0.1, 0.15) is 5.60 Å². The third kappa shape index (κ3) is 5.14. The average molecular weight is 278 g/mol. The van der Waals surface area contributed by atoms with Crippen LogP contribution in [-0.2, 0) is 4.74 Å². The van der Waals surface area contributed by atoms with Crippen LogP contribution in [0.25, 0.3) is 0 Å². The summed E-state index contributed by atoms with van der Waals surface area (Å²) in [5.74, 6) is 0. The van der Waals surface area contributed by atoms with Gasteiger partial charge in [-0.3, -0.25) is 0 Å². The van der Waals surface area contributed by atoms with Crippen molar-refractivity contribution in [1.29, 1.82) is 0 Å². The summed E-state index contributed by atoms with van der Waals surface area (Å²) >= 11 is 9.60. The van der Waals surface area contributed by atoms with E-state index >= 15 is 0 Å². The molecule has 0 aromatic heterocycles. The van der Waals surface area contributed by atoms with Gasteiger partial charge in [-0.2, -0.15) is 5.01 Å². The van der Waals surface area contributed by atoms with Crippen LogP contribution in [0.15, 0.2) is 0 Å². The summed E-state index contributed by atoms with van der Waals surface area (Å²) in [5, 5.41) is 2.04. The number of nitrogens with two attached hydrogens (primary N) is 2. The molecule has 4 N–H and O–H groups in total. The lowest BCUT2D eigenvalue weighted by molar-refractivity contribution is 0.00909. The van der Waals surface area contributed by atoms with Gasteiger partial charge in [-0.1, -0.05) is 0 Å². The highest BCUT2D eigenvalue weighted by Gasteiger charge is 2.29. The summed E-state index contributed by atoms with van der Waals surface area (Å²) in [7, 11) is 0. The number of carbonyl (C=O) groups excluding carboxylic acids is 1. The van der Waals surface area contributed by atoms with E-state index < -0.39 is 11.7 Å². The van der Waals surface area contributed by atoms with E-state index in [4.69, 9.17) is 40.6 Å². The van der Waals surface area contributed by atoms with Crippen molar-refractivity contribution >= 4 is 40.8 Å². The van der Waals surface area contributed by atoms with E-state index in [2.05, 4.69) is 0 Å². The Labute approximate surface area is 112 Å². The Morgan fingerprint density at radius 2 is 1.71 bits per heavy atom. The van der Waals surface area contributed by atoms with E-state index in [9.17, 15) is 4.79 Å². The third-order valence-corrected chi connectivity index (χ3v) is 1.95. The molecule has 0 radical (unpaired) electrons. The van der Waals surface area contributed by atoms with Crippen molar-refractivity contribution in [3.63, 3.8) is 0 Å². The lowest BCUT2D eigenvalue weighted by atomic mass is 10.2.